The van der Waals surface area contributed by atoms with Gasteiger partial charge in [0.15, 0.2) is 6.10 Å². The average Bonchev–Trinajstić information content (AvgIpc) is 3.04. The number of esters is 1. The van der Waals surface area contributed by atoms with Crippen LogP contribution >= 0.6 is 23.2 Å². The van der Waals surface area contributed by atoms with Crippen LogP contribution in [0.1, 0.15) is 20.3 Å². The summed E-state index contributed by atoms with van der Waals surface area (Å²) in [6, 6.07) is 4.71. The van der Waals surface area contributed by atoms with Crippen molar-refractivity contribution in [2.75, 3.05) is 5.32 Å². The zero-order valence-electron chi connectivity index (χ0n) is 11.2. The van der Waals surface area contributed by atoms with Crippen molar-refractivity contribution < 1.29 is 14.3 Å². The number of nitrogens with one attached hydrogen (secondary N) is 1. The second kappa shape index (κ2) is 6.02. The highest BCUT2D eigenvalue weighted by Crippen LogP contribution is 2.38. The van der Waals surface area contributed by atoms with Crippen molar-refractivity contribution in [3.8, 4) is 0 Å². The molecule has 1 N–H and O–H groups in total. The predicted octanol–water partition coefficient (Wildman–Crippen LogP) is 3.52. The average molecular weight is 316 g/mol. The topological polar surface area (TPSA) is 55.4 Å². The molecule has 0 heterocycles. The fourth-order valence-corrected chi connectivity index (χ4v) is 2.36. The Bertz CT molecular complexity index is 527. The molecule has 0 bridgehead atoms. The molecule has 3 atom stereocenters. The van der Waals surface area contributed by atoms with E-state index in [9.17, 15) is 9.59 Å². The van der Waals surface area contributed by atoms with Crippen LogP contribution in [0.15, 0.2) is 18.2 Å². The Balaban J connectivity index is 1.91. The summed E-state index contributed by atoms with van der Waals surface area (Å²) in [5.41, 5.74) is 0.468. The molecule has 1 aliphatic rings. The minimum absolute atomic E-state index is 0.0640. The second-order valence-corrected chi connectivity index (χ2v) is 5.92. The number of ether oxygens (including phenoxy) is 1. The van der Waals surface area contributed by atoms with Crippen LogP contribution < -0.4 is 5.32 Å². The van der Waals surface area contributed by atoms with E-state index in [0.29, 0.717) is 21.7 Å². The van der Waals surface area contributed by atoms with Crippen molar-refractivity contribution >= 4 is 40.8 Å². The second-order valence-electron chi connectivity index (χ2n) is 5.05. The Hall–Kier alpha value is -1.26. The van der Waals surface area contributed by atoms with Gasteiger partial charge in [-0.1, -0.05) is 30.1 Å². The summed E-state index contributed by atoms with van der Waals surface area (Å²) in [5.74, 6) is -0.440. The summed E-state index contributed by atoms with van der Waals surface area (Å²) in [6.07, 6.45) is -0.0232. The summed E-state index contributed by atoms with van der Waals surface area (Å²) in [7, 11) is 0. The Labute approximate surface area is 127 Å². The molecule has 0 aliphatic heterocycles. The van der Waals surface area contributed by atoms with E-state index in [1.165, 1.54) is 6.92 Å². The summed E-state index contributed by atoms with van der Waals surface area (Å²) in [6.45, 7) is 3.51. The van der Waals surface area contributed by atoms with Crippen molar-refractivity contribution in [1.29, 1.82) is 0 Å². The number of hydrogen-bond acceptors (Lipinski definition) is 3. The molecule has 4 nitrogen and oxygen atoms in total. The standard InChI is InChI=1S/C14H15Cl2NO3/c1-7-3-12(7)14(19)20-8(2)13(18)17-11-5-9(15)4-10(16)6-11/h4-8,12H,3H2,1-2H3,(H,17,18)/t7-,8+,12+/m1/s1. The van der Waals surface area contributed by atoms with Gasteiger partial charge >= 0.3 is 5.97 Å². The molecule has 108 valence electrons. The molecular weight excluding hydrogens is 301 g/mol. The van der Waals surface area contributed by atoms with Gasteiger partial charge in [-0.2, -0.15) is 0 Å². The largest absolute Gasteiger partial charge is 0.452 e. The predicted molar refractivity (Wildman–Crippen MR) is 77.9 cm³/mol. The summed E-state index contributed by atoms with van der Waals surface area (Å²) in [4.78, 5) is 23.6. The molecule has 2 rings (SSSR count). The fraction of sp³-hybridized carbons (Fsp3) is 0.429. The molecule has 6 heteroatoms. The highest BCUT2D eigenvalue weighted by Gasteiger charge is 2.41. The molecule has 0 spiro atoms. The van der Waals surface area contributed by atoms with Crippen molar-refractivity contribution in [3.63, 3.8) is 0 Å². The van der Waals surface area contributed by atoms with Gasteiger partial charge in [0.2, 0.25) is 0 Å². The van der Waals surface area contributed by atoms with Crippen molar-refractivity contribution in [2.45, 2.75) is 26.4 Å². The number of hydrogen-bond donors (Lipinski definition) is 1. The van der Waals surface area contributed by atoms with Crippen molar-refractivity contribution in [2.24, 2.45) is 11.8 Å². The van der Waals surface area contributed by atoms with Gasteiger partial charge in [0, 0.05) is 15.7 Å². The van der Waals surface area contributed by atoms with E-state index in [-0.39, 0.29) is 11.9 Å². The first-order chi connectivity index (χ1) is 9.36. The molecule has 20 heavy (non-hydrogen) atoms. The molecular formula is C14H15Cl2NO3. The van der Waals surface area contributed by atoms with Crippen LogP contribution in [-0.2, 0) is 14.3 Å². The number of amides is 1. The van der Waals surface area contributed by atoms with Gasteiger partial charge in [-0.3, -0.25) is 9.59 Å². The molecule has 1 aromatic carbocycles. The van der Waals surface area contributed by atoms with Gasteiger partial charge in [0.25, 0.3) is 5.91 Å². The van der Waals surface area contributed by atoms with E-state index < -0.39 is 12.0 Å². The SMILES string of the molecule is C[C@H](OC(=O)[C@H]1C[C@H]1C)C(=O)Nc1cc(Cl)cc(Cl)c1. The van der Waals surface area contributed by atoms with Crippen LogP contribution in [0.4, 0.5) is 5.69 Å². The highest BCUT2D eigenvalue weighted by atomic mass is 35.5. The van der Waals surface area contributed by atoms with Gasteiger partial charge in [-0.15, -0.1) is 0 Å². The fourth-order valence-electron chi connectivity index (χ4n) is 1.84. The van der Waals surface area contributed by atoms with Crippen LogP contribution in [0.25, 0.3) is 0 Å². The Morgan fingerprint density at radius 1 is 1.30 bits per heavy atom. The van der Waals surface area contributed by atoms with Crippen molar-refractivity contribution in [1.82, 2.24) is 0 Å². The van der Waals surface area contributed by atoms with E-state index in [4.69, 9.17) is 27.9 Å². The third kappa shape index (κ3) is 3.87. The first-order valence-corrected chi connectivity index (χ1v) is 7.10. The van der Waals surface area contributed by atoms with Gasteiger partial charge < -0.3 is 10.1 Å². The van der Waals surface area contributed by atoms with Crippen LogP contribution in [-0.4, -0.2) is 18.0 Å². The zero-order chi connectivity index (χ0) is 14.9. The number of benzene rings is 1. The van der Waals surface area contributed by atoms with E-state index >= 15 is 0 Å². The molecule has 0 saturated heterocycles. The minimum Gasteiger partial charge on any atom is -0.452 e. The maximum Gasteiger partial charge on any atom is 0.309 e. The number of halogens is 2. The minimum atomic E-state index is -0.854. The van der Waals surface area contributed by atoms with Crippen LogP contribution in [0.2, 0.25) is 10.0 Å². The maximum atomic E-state index is 11.9. The van der Waals surface area contributed by atoms with E-state index in [2.05, 4.69) is 5.32 Å². The van der Waals surface area contributed by atoms with Crippen molar-refractivity contribution in [3.05, 3.63) is 28.2 Å². The van der Waals surface area contributed by atoms with Gasteiger partial charge in [0.1, 0.15) is 0 Å². The first kappa shape index (κ1) is 15.1. The molecule has 0 radical (unpaired) electrons. The number of carbonyl (C=O) groups excluding carboxylic acids is 2. The quantitative estimate of drug-likeness (QED) is 0.865. The van der Waals surface area contributed by atoms with E-state index in [1.807, 2.05) is 6.92 Å². The highest BCUT2D eigenvalue weighted by molar-refractivity contribution is 6.35. The Morgan fingerprint density at radius 3 is 2.35 bits per heavy atom. The number of anilines is 1. The molecule has 1 aromatic rings. The first-order valence-electron chi connectivity index (χ1n) is 6.34. The number of carbonyl (C=O) groups is 2. The Morgan fingerprint density at radius 2 is 1.85 bits per heavy atom. The summed E-state index contributed by atoms with van der Waals surface area (Å²) >= 11 is 11.7. The number of rotatable bonds is 4. The van der Waals surface area contributed by atoms with Gasteiger partial charge in [-0.05, 0) is 37.5 Å². The lowest BCUT2D eigenvalue weighted by molar-refractivity contribution is -0.154. The van der Waals surface area contributed by atoms with E-state index in [1.54, 1.807) is 18.2 Å². The third-order valence-corrected chi connectivity index (χ3v) is 3.64. The lowest BCUT2D eigenvalue weighted by Crippen LogP contribution is -2.30. The molecule has 1 saturated carbocycles. The normalized spacial score (nSPS) is 22.0. The molecule has 0 unspecified atom stereocenters. The van der Waals surface area contributed by atoms with Crippen LogP contribution in [0.3, 0.4) is 0 Å². The van der Waals surface area contributed by atoms with Gasteiger partial charge in [0.05, 0.1) is 5.92 Å². The third-order valence-electron chi connectivity index (χ3n) is 3.20. The lowest BCUT2D eigenvalue weighted by Gasteiger charge is -2.13. The smallest absolute Gasteiger partial charge is 0.309 e. The molecule has 1 fully saturated rings. The lowest BCUT2D eigenvalue weighted by atomic mass is 10.3. The Kier molecular flexibility index (Phi) is 4.55. The summed E-state index contributed by atoms with van der Waals surface area (Å²) in [5, 5.41) is 3.46. The van der Waals surface area contributed by atoms with E-state index in [0.717, 1.165) is 6.42 Å². The monoisotopic (exact) mass is 315 g/mol. The van der Waals surface area contributed by atoms with Crippen LogP contribution in [0.5, 0.6) is 0 Å². The maximum absolute atomic E-state index is 11.9. The molecule has 0 aromatic heterocycles. The summed E-state index contributed by atoms with van der Waals surface area (Å²) < 4.78 is 5.12. The van der Waals surface area contributed by atoms with Crippen LogP contribution in [0, 0.1) is 11.8 Å². The zero-order valence-corrected chi connectivity index (χ0v) is 12.7. The van der Waals surface area contributed by atoms with Gasteiger partial charge in [-0.25, -0.2) is 0 Å². The molecule has 1 amide bonds. The molecule has 1 aliphatic carbocycles.